The predicted molar refractivity (Wildman–Crippen MR) is 36.8 cm³/mol. The van der Waals surface area contributed by atoms with Crippen molar-refractivity contribution >= 4 is 0 Å². The smallest absolute Gasteiger partial charge is 0.0233 e. The molecule has 0 amide bonds. The monoisotopic (exact) mass is 114 g/mol. The van der Waals surface area contributed by atoms with Crippen LogP contribution in [-0.2, 0) is 0 Å². The molecule has 1 saturated carbocycles. The van der Waals surface area contributed by atoms with Crippen LogP contribution < -0.4 is 0 Å². The van der Waals surface area contributed by atoms with Gasteiger partial charge in [0.1, 0.15) is 0 Å². The van der Waals surface area contributed by atoms with Gasteiger partial charge in [-0.25, -0.2) is 0 Å². The zero-order valence-electron chi connectivity index (χ0n) is 7.40. The summed E-state index contributed by atoms with van der Waals surface area (Å²) in [4.78, 5) is 0. The molecule has 1 rings (SSSR count). The van der Waals surface area contributed by atoms with Crippen LogP contribution in [0.2, 0.25) is 0 Å². The van der Waals surface area contributed by atoms with Crippen LogP contribution in [0, 0.1) is 11.8 Å². The number of rotatable bonds is 0. The molecule has 0 heteroatoms. The maximum absolute atomic E-state index is 7.25. The third kappa shape index (κ3) is 1.24. The highest BCUT2D eigenvalue weighted by Crippen LogP contribution is 2.28. The fraction of sp³-hybridized carbons (Fsp3) is 1.00. The van der Waals surface area contributed by atoms with Crippen molar-refractivity contribution < 1.29 is 2.74 Å². The van der Waals surface area contributed by atoms with E-state index < -0.39 is 0 Å². The van der Waals surface area contributed by atoms with Gasteiger partial charge in [0.25, 0.3) is 0 Å². The molecule has 0 aromatic rings. The van der Waals surface area contributed by atoms with E-state index in [0.29, 0.717) is 25.6 Å². The van der Waals surface area contributed by atoms with E-state index in [1.807, 2.05) is 0 Å². The van der Waals surface area contributed by atoms with Gasteiger partial charge in [-0.15, -0.1) is 0 Å². The molecule has 0 spiro atoms. The Kier molecular flexibility index (Phi) is 1.23. The number of hydrogen-bond donors (Lipinski definition) is 0. The minimum atomic E-state index is 0.545. The van der Waals surface area contributed by atoms with Crippen molar-refractivity contribution in [3.05, 3.63) is 0 Å². The van der Waals surface area contributed by atoms with E-state index >= 15 is 0 Å². The molecule has 0 N–H and O–H groups in total. The largest absolute Gasteiger partial charge is 0.0623 e. The lowest BCUT2D eigenvalue weighted by atomic mass is 9.82. The second-order valence-corrected chi connectivity index (χ2v) is 2.80. The summed E-state index contributed by atoms with van der Waals surface area (Å²) in [6, 6.07) is 0. The van der Waals surface area contributed by atoms with Gasteiger partial charge in [-0.2, -0.15) is 0 Å². The van der Waals surface area contributed by atoms with Crippen LogP contribution in [0.5, 0.6) is 0 Å². The first-order valence-corrected chi connectivity index (χ1v) is 3.47. The molecule has 8 heavy (non-hydrogen) atoms. The molecule has 0 aliphatic heterocycles. The van der Waals surface area contributed by atoms with E-state index in [9.17, 15) is 0 Å². The Bertz CT molecular complexity index is 81.3. The van der Waals surface area contributed by atoms with Crippen LogP contribution >= 0.6 is 0 Å². The van der Waals surface area contributed by atoms with Crippen LogP contribution in [0.25, 0.3) is 0 Å². The first kappa shape index (κ1) is 3.92. The fourth-order valence-corrected chi connectivity index (χ4v) is 1.28. The zero-order valence-corrected chi connectivity index (χ0v) is 5.40. The van der Waals surface area contributed by atoms with Crippen molar-refractivity contribution in [3.63, 3.8) is 0 Å². The van der Waals surface area contributed by atoms with Gasteiger partial charge in [-0.3, -0.25) is 0 Å². The van der Waals surface area contributed by atoms with Gasteiger partial charge in [0.15, 0.2) is 0 Å². The van der Waals surface area contributed by atoms with Crippen LogP contribution in [0.3, 0.4) is 0 Å². The lowest BCUT2D eigenvalue weighted by Gasteiger charge is -2.24. The Morgan fingerprint density at radius 2 is 1.62 bits per heavy atom. The molecule has 2 atom stereocenters. The third-order valence-electron chi connectivity index (χ3n) is 2.07. The van der Waals surface area contributed by atoms with Crippen molar-refractivity contribution in [1.29, 1.82) is 0 Å². The van der Waals surface area contributed by atoms with Crippen LogP contribution in [-0.4, -0.2) is 0 Å². The molecule has 1 aliphatic rings. The Labute approximate surface area is 55.1 Å². The van der Waals surface area contributed by atoms with Crippen molar-refractivity contribution in [2.45, 2.75) is 39.5 Å². The summed E-state index contributed by atoms with van der Waals surface area (Å²) in [7, 11) is 0. The molecule has 0 aromatic carbocycles. The highest BCUT2D eigenvalue weighted by Gasteiger charge is 2.15. The van der Waals surface area contributed by atoms with Crippen LogP contribution in [0.1, 0.15) is 42.2 Å². The first-order valence-electron chi connectivity index (χ1n) is 4.88. The maximum Gasteiger partial charge on any atom is 0.0233 e. The minimum absolute atomic E-state index is 0.545. The Morgan fingerprint density at radius 1 is 1.12 bits per heavy atom. The molecular formula is C8H16. The van der Waals surface area contributed by atoms with Gasteiger partial charge in [0.2, 0.25) is 0 Å². The fourth-order valence-electron chi connectivity index (χ4n) is 1.28. The standard InChI is InChI=1S/C8H16/c1-7-5-3-4-6-8(7)2/h7-8H,3-6H2,1-2H3/i1D,2D. The molecule has 48 valence electrons. The van der Waals surface area contributed by atoms with Gasteiger partial charge >= 0.3 is 0 Å². The van der Waals surface area contributed by atoms with Gasteiger partial charge in [-0.05, 0) is 11.8 Å². The number of hydrogen-bond acceptors (Lipinski definition) is 0. The third-order valence-corrected chi connectivity index (χ3v) is 2.07. The van der Waals surface area contributed by atoms with Crippen molar-refractivity contribution in [1.82, 2.24) is 0 Å². The maximum atomic E-state index is 7.25. The van der Waals surface area contributed by atoms with E-state index in [1.165, 1.54) is 25.7 Å². The zero-order chi connectivity index (χ0) is 7.40. The average Bonchev–Trinajstić information content (AvgIpc) is 2.04. The van der Waals surface area contributed by atoms with E-state index in [2.05, 4.69) is 0 Å². The quantitative estimate of drug-likeness (QED) is 0.454. The Hall–Kier alpha value is 0. The van der Waals surface area contributed by atoms with Gasteiger partial charge in [-0.1, -0.05) is 39.5 Å². The van der Waals surface area contributed by atoms with Gasteiger partial charge in [0.05, 0.1) is 0 Å². The average molecular weight is 114 g/mol. The molecule has 0 bridgehead atoms. The van der Waals surface area contributed by atoms with Crippen molar-refractivity contribution in [2.24, 2.45) is 11.8 Å². The summed E-state index contributed by atoms with van der Waals surface area (Å²) >= 11 is 0. The second kappa shape index (κ2) is 2.52. The molecule has 2 unspecified atom stereocenters. The van der Waals surface area contributed by atoms with E-state index in [4.69, 9.17) is 2.74 Å². The SMILES string of the molecule is [2H]CC1CCCCC1C[2H]. The van der Waals surface area contributed by atoms with Crippen LogP contribution in [0.15, 0.2) is 0 Å². The summed E-state index contributed by atoms with van der Waals surface area (Å²) in [5, 5.41) is 0. The topological polar surface area (TPSA) is 0 Å². The van der Waals surface area contributed by atoms with Gasteiger partial charge < -0.3 is 0 Å². The minimum Gasteiger partial charge on any atom is -0.0623 e. The Balaban J connectivity index is 2.34. The summed E-state index contributed by atoms with van der Waals surface area (Å²) in [5.74, 6) is 1.09. The van der Waals surface area contributed by atoms with E-state index in [0.717, 1.165) is 0 Å². The second-order valence-electron chi connectivity index (χ2n) is 2.80. The molecule has 1 fully saturated rings. The lowest BCUT2D eigenvalue weighted by molar-refractivity contribution is 0.277. The van der Waals surface area contributed by atoms with Crippen molar-refractivity contribution in [3.8, 4) is 0 Å². The van der Waals surface area contributed by atoms with Gasteiger partial charge in [0, 0.05) is 2.74 Å². The Morgan fingerprint density at radius 3 is 2.00 bits per heavy atom. The summed E-state index contributed by atoms with van der Waals surface area (Å²) in [6.07, 6.45) is 4.99. The molecule has 1 aliphatic carbocycles. The predicted octanol–water partition coefficient (Wildman–Crippen LogP) is 2.83. The first-order chi connectivity index (χ1) is 4.88. The van der Waals surface area contributed by atoms with E-state index in [-0.39, 0.29) is 0 Å². The molecule has 0 radical (unpaired) electrons. The summed E-state index contributed by atoms with van der Waals surface area (Å²) in [6.45, 7) is 1.09. The van der Waals surface area contributed by atoms with Crippen LogP contribution in [0.4, 0.5) is 0 Å². The molecular weight excluding hydrogens is 96.1 g/mol. The molecule has 0 saturated heterocycles. The lowest BCUT2D eigenvalue weighted by Crippen LogP contribution is -2.12. The highest BCUT2D eigenvalue weighted by atomic mass is 14.2. The molecule has 0 nitrogen and oxygen atoms in total. The highest BCUT2D eigenvalue weighted by molar-refractivity contribution is 4.67. The summed E-state index contributed by atoms with van der Waals surface area (Å²) in [5.41, 5.74) is 0. The molecule has 0 heterocycles. The van der Waals surface area contributed by atoms with E-state index in [1.54, 1.807) is 0 Å². The molecule has 0 aromatic heterocycles. The van der Waals surface area contributed by atoms with Crippen molar-refractivity contribution in [2.75, 3.05) is 0 Å². The summed E-state index contributed by atoms with van der Waals surface area (Å²) < 4.78 is 14.5. The normalized spacial score (nSPS) is 43.0.